The fourth-order valence-electron chi connectivity index (χ4n) is 2.09. The molecule has 1 heterocycles. The summed E-state index contributed by atoms with van der Waals surface area (Å²) < 4.78 is 14.5. The molecule has 1 N–H and O–H groups in total. The number of benzene rings is 2. The SMILES string of the molecule is Cc1c(C(=O)Nc2ccc(Cl)cc2)nnn1-c1ccc(F)cc1. The molecule has 0 aliphatic carbocycles. The molecule has 1 amide bonds. The summed E-state index contributed by atoms with van der Waals surface area (Å²) in [6.07, 6.45) is 0. The van der Waals surface area contributed by atoms with Crippen molar-refractivity contribution in [2.75, 3.05) is 5.32 Å². The van der Waals surface area contributed by atoms with E-state index in [1.807, 2.05) is 0 Å². The van der Waals surface area contributed by atoms with Crippen LogP contribution in [0.4, 0.5) is 10.1 Å². The molecule has 0 spiro atoms. The van der Waals surface area contributed by atoms with Crippen molar-refractivity contribution in [3.05, 3.63) is 70.8 Å². The number of nitrogens with zero attached hydrogens (tertiary/aromatic N) is 3. The van der Waals surface area contributed by atoms with Gasteiger partial charge in [-0.2, -0.15) is 0 Å². The smallest absolute Gasteiger partial charge is 0.278 e. The topological polar surface area (TPSA) is 59.8 Å². The molecule has 2 aromatic carbocycles. The minimum Gasteiger partial charge on any atom is -0.321 e. The third-order valence-corrected chi connectivity index (χ3v) is 3.53. The molecule has 23 heavy (non-hydrogen) atoms. The first-order valence-corrected chi connectivity index (χ1v) is 7.17. The summed E-state index contributed by atoms with van der Waals surface area (Å²) in [4.78, 5) is 12.3. The number of nitrogens with one attached hydrogen (secondary N) is 1. The molecule has 0 atom stereocenters. The van der Waals surface area contributed by atoms with E-state index in [-0.39, 0.29) is 17.4 Å². The molecule has 0 unspecified atom stereocenters. The van der Waals surface area contributed by atoms with Crippen molar-refractivity contribution in [2.45, 2.75) is 6.92 Å². The maximum Gasteiger partial charge on any atom is 0.278 e. The van der Waals surface area contributed by atoms with Gasteiger partial charge in [0.05, 0.1) is 11.4 Å². The molecule has 0 bridgehead atoms. The van der Waals surface area contributed by atoms with Gasteiger partial charge in [0, 0.05) is 10.7 Å². The Balaban J connectivity index is 1.85. The summed E-state index contributed by atoms with van der Waals surface area (Å²) in [7, 11) is 0. The summed E-state index contributed by atoms with van der Waals surface area (Å²) in [5.74, 6) is -0.717. The van der Waals surface area contributed by atoms with Gasteiger partial charge in [-0.15, -0.1) is 5.10 Å². The number of carbonyl (C=O) groups is 1. The van der Waals surface area contributed by atoms with Crippen molar-refractivity contribution < 1.29 is 9.18 Å². The third kappa shape index (κ3) is 3.22. The van der Waals surface area contributed by atoms with E-state index in [0.29, 0.717) is 22.1 Å². The highest BCUT2D eigenvalue weighted by Gasteiger charge is 2.17. The van der Waals surface area contributed by atoms with Crippen molar-refractivity contribution >= 4 is 23.2 Å². The Morgan fingerprint density at radius 1 is 1.13 bits per heavy atom. The number of halogens is 2. The lowest BCUT2D eigenvalue weighted by Crippen LogP contribution is -2.14. The van der Waals surface area contributed by atoms with E-state index in [0.717, 1.165) is 0 Å². The zero-order valence-electron chi connectivity index (χ0n) is 12.1. The molecule has 5 nitrogen and oxygen atoms in total. The van der Waals surface area contributed by atoms with Crippen LogP contribution in [-0.4, -0.2) is 20.9 Å². The summed E-state index contributed by atoms with van der Waals surface area (Å²) >= 11 is 5.81. The summed E-state index contributed by atoms with van der Waals surface area (Å²) in [6, 6.07) is 12.5. The minimum absolute atomic E-state index is 0.198. The van der Waals surface area contributed by atoms with Crippen LogP contribution >= 0.6 is 11.6 Å². The number of rotatable bonds is 3. The van der Waals surface area contributed by atoms with E-state index in [1.54, 1.807) is 43.3 Å². The molecule has 0 saturated carbocycles. The Bertz CT molecular complexity index is 844. The quantitative estimate of drug-likeness (QED) is 0.798. The van der Waals surface area contributed by atoms with Gasteiger partial charge in [0.1, 0.15) is 5.82 Å². The standard InChI is InChI=1S/C16H12ClFN4O/c1-10-15(16(23)19-13-6-2-11(17)3-7-13)20-21-22(10)14-8-4-12(18)5-9-14/h2-9H,1H3,(H,19,23). The van der Waals surface area contributed by atoms with Crippen molar-refractivity contribution in [3.8, 4) is 5.69 Å². The summed E-state index contributed by atoms with van der Waals surface area (Å²) in [5, 5.41) is 11.2. The van der Waals surface area contributed by atoms with Gasteiger partial charge in [-0.1, -0.05) is 16.8 Å². The van der Waals surface area contributed by atoms with Crippen molar-refractivity contribution in [2.24, 2.45) is 0 Å². The van der Waals surface area contributed by atoms with E-state index in [4.69, 9.17) is 11.6 Å². The molecule has 0 aliphatic heterocycles. The van der Waals surface area contributed by atoms with Crippen LogP contribution in [-0.2, 0) is 0 Å². The maximum absolute atomic E-state index is 13.0. The fraction of sp³-hybridized carbons (Fsp3) is 0.0625. The second kappa shape index (κ2) is 6.18. The Hall–Kier alpha value is -2.73. The molecular formula is C16H12ClFN4O. The minimum atomic E-state index is -0.377. The zero-order valence-corrected chi connectivity index (χ0v) is 12.9. The average molecular weight is 331 g/mol. The second-order valence-electron chi connectivity index (χ2n) is 4.87. The first-order valence-electron chi connectivity index (χ1n) is 6.80. The monoisotopic (exact) mass is 330 g/mol. The van der Waals surface area contributed by atoms with Crippen LogP contribution in [0.1, 0.15) is 16.2 Å². The largest absolute Gasteiger partial charge is 0.321 e. The van der Waals surface area contributed by atoms with Crippen LogP contribution in [0.25, 0.3) is 5.69 Å². The molecule has 0 aliphatic rings. The van der Waals surface area contributed by atoms with Crippen LogP contribution < -0.4 is 5.32 Å². The highest BCUT2D eigenvalue weighted by Crippen LogP contribution is 2.16. The Morgan fingerprint density at radius 3 is 2.43 bits per heavy atom. The van der Waals surface area contributed by atoms with Crippen LogP contribution in [0.2, 0.25) is 5.02 Å². The van der Waals surface area contributed by atoms with E-state index >= 15 is 0 Å². The molecule has 0 radical (unpaired) electrons. The van der Waals surface area contributed by atoms with Crippen molar-refractivity contribution in [1.82, 2.24) is 15.0 Å². The van der Waals surface area contributed by atoms with Gasteiger partial charge in [0.2, 0.25) is 0 Å². The highest BCUT2D eigenvalue weighted by molar-refractivity contribution is 6.30. The molecule has 1 aromatic heterocycles. The normalized spacial score (nSPS) is 10.6. The Kier molecular flexibility index (Phi) is 4.08. The lowest BCUT2D eigenvalue weighted by atomic mass is 10.2. The third-order valence-electron chi connectivity index (χ3n) is 3.28. The van der Waals surface area contributed by atoms with E-state index in [9.17, 15) is 9.18 Å². The van der Waals surface area contributed by atoms with Gasteiger partial charge < -0.3 is 5.32 Å². The van der Waals surface area contributed by atoms with Gasteiger partial charge in [-0.3, -0.25) is 4.79 Å². The predicted molar refractivity (Wildman–Crippen MR) is 85.5 cm³/mol. The molecule has 0 fully saturated rings. The van der Waals surface area contributed by atoms with E-state index < -0.39 is 0 Å². The number of anilines is 1. The number of hydrogen-bond donors (Lipinski definition) is 1. The molecule has 7 heteroatoms. The predicted octanol–water partition coefficient (Wildman–Crippen LogP) is 3.62. The highest BCUT2D eigenvalue weighted by atomic mass is 35.5. The van der Waals surface area contributed by atoms with Crippen molar-refractivity contribution in [3.63, 3.8) is 0 Å². The fourth-order valence-corrected chi connectivity index (χ4v) is 2.22. The number of carbonyl (C=O) groups excluding carboxylic acids is 1. The molecule has 116 valence electrons. The summed E-state index contributed by atoms with van der Waals surface area (Å²) in [5.41, 5.74) is 1.99. The van der Waals surface area contributed by atoms with Gasteiger partial charge in [-0.05, 0) is 55.5 Å². The van der Waals surface area contributed by atoms with E-state index in [1.165, 1.54) is 16.8 Å². The van der Waals surface area contributed by atoms with Crippen LogP contribution in [0, 0.1) is 12.7 Å². The lowest BCUT2D eigenvalue weighted by Gasteiger charge is -2.05. The number of hydrogen-bond acceptors (Lipinski definition) is 3. The van der Waals surface area contributed by atoms with Crippen molar-refractivity contribution in [1.29, 1.82) is 0 Å². The van der Waals surface area contributed by atoms with Crippen LogP contribution in [0.15, 0.2) is 48.5 Å². The first kappa shape index (κ1) is 15.2. The van der Waals surface area contributed by atoms with Crippen LogP contribution in [0.3, 0.4) is 0 Å². The molecular weight excluding hydrogens is 319 g/mol. The zero-order chi connectivity index (χ0) is 16.4. The lowest BCUT2D eigenvalue weighted by molar-refractivity contribution is 0.102. The Labute approximate surface area is 136 Å². The van der Waals surface area contributed by atoms with Gasteiger partial charge in [0.25, 0.3) is 5.91 Å². The van der Waals surface area contributed by atoms with Gasteiger partial charge in [0.15, 0.2) is 5.69 Å². The number of aromatic nitrogens is 3. The average Bonchev–Trinajstić information content (AvgIpc) is 2.92. The van der Waals surface area contributed by atoms with Gasteiger partial charge in [-0.25, -0.2) is 9.07 Å². The Morgan fingerprint density at radius 2 is 1.78 bits per heavy atom. The maximum atomic E-state index is 13.0. The molecule has 3 rings (SSSR count). The first-order chi connectivity index (χ1) is 11.0. The van der Waals surface area contributed by atoms with E-state index in [2.05, 4.69) is 15.6 Å². The molecule has 3 aromatic rings. The summed E-state index contributed by atoms with van der Waals surface area (Å²) in [6.45, 7) is 1.72. The number of amides is 1. The second-order valence-corrected chi connectivity index (χ2v) is 5.31. The van der Waals surface area contributed by atoms with Gasteiger partial charge >= 0.3 is 0 Å². The molecule has 0 saturated heterocycles. The van der Waals surface area contributed by atoms with Crippen LogP contribution in [0.5, 0.6) is 0 Å².